The van der Waals surface area contributed by atoms with Gasteiger partial charge in [-0.05, 0) is 6.92 Å². The summed E-state index contributed by atoms with van der Waals surface area (Å²) in [5.41, 5.74) is 1.71. The van der Waals surface area contributed by atoms with Crippen molar-refractivity contribution in [2.45, 2.75) is 13.5 Å². The van der Waals surface area contributed by atoms with Gasteiger partial charge in [0.15, 0.2) is 0 Å². The molecule has 3 rings (SSSR count). The van der Waals surface area contributed by atoms with Gasteiger partial charge in [0.2, 0.25) is 0 Å². The fraction of sp³-hybridized carbons (Fsp3) is 0.200. The summed E-state index contributed by atoms with van der Waals surface area (Å²) in [5.74, 6) is 1.40. The van der Waals surface area contributed by atoms with Gasteiger partial charge in [0.25, 0.3) is 5.78 Å². The lowest BCUT2D eigenvalue weighted by atomic mass is 10.4. The number of nitrogens with one attached hydrogen (secondary N) is 1. The number of fused-ring (bicyclic) bond motifs is 1. The van der Waals surface area contributed by atoms with Crippen molar-refractivity contribution >= 4 is 11.6 Å². The lowest BCUT2D eigenvalue weighted by Gasteiger charge is -2.06. The van der Waals surface area contributed by atoms with Gasteiger partial charge in [-0.3, -0.25) is 0 Å². The van der Waals surface area contributed by atoms with Gasteiger partial charge >= 0.3 is 0 Å². The van der Waals surface area contributed by atoms with Crippen LogP contribution in [0.4, 0.5) is 5.82 Å². The first-order chi connectivity index (χ1) is 8.33. The minimum absolute atomic E-state index is 0.564. The molecule has 0 fully saturated rings. The average molecular weight is 230 g/mol. The Kier molecular flexibility index (Phi) is 2.21. The molecule has 0 bridgehead atoms. The fourth-order valence-corrected chi connectivity index (χ4v) is 1.57. The van der Waals surface area contributed by atoms with Crippen molar-refractivity contribution in [2.24, 2.45) is 0 Å². The van der Waals surface area contributed by atoms with Gasteiger partial charge in [0.1, 0.15) is 24.1 Å². The van der Waals surface area contributed by atoms with Crippen molar-refractivity contribution in [3.63, 3.8) is 0 Å². The van der Waals surface area contributed by atoms with E-state index >= 15 is 0 Å². The molecule has 0 saturated heterocycles. The molecule has 3 aromatic heterocycles. The predicted molar refractivity (Wildman–Crippen MR) is 59.3 cm³/mol. The summed E-state index contributed by atoms with van der Waals surface area (Å²) in [4.78, 5) is 8.31. The summed E-state index contributed by atoms with van der Waals surface area (Å²) in [6.07, 6.45) is 3.02. The molecule has 3 aromatic rings. The molecule has 17 heavy (non-hydrogen) atoms. The average Bonchev–Trinajstić information content (AvgIpc) is 2.95. The molecule has 0 unspecified atom stereocenters. The molecule has 0 aromatic carbocycles. The molecular weight excluding hydrogens is 220 g/mol. The van der Waals surface area contributed by atoms with Crippen molar-refractivity contribution in [3.05, 3.63) is 36.1 Å². The number of nitrogens with zero attached hydrogens (tertiary/aromatic N) is 5. The van der Waals surface area contributed by atoms with Gasteiger partial charge in [0.05, 0.1) is 6.54 Å². The van der Waals surface area contributed by atoms with Gasteiger partial charge in [0, 0.05) is 17.8 Å². The van der Waals surface area contributed by atoms with Crippen molar-refractivity contribution < 1.29 is 4.52 Å². The maximum atomic E-state index is 4.76. The van der Waals surface area contributed by atoms with Gasteiger partial charge < -0.3 is 9.84 Å². The van der Waals surface area contributed by atoms with Crippen LogP contribution in [0.5, 0.6) is 0 Å². The second-order valence-corrected chi connectivity index (χ2v) is 3.60. The van der Waals surface area contributed by atoms with Gasteiger partial charge in [-0.2, -0.15) is 14.6 Å². The van der Waals surface area contributed by atoms with Crippen LogP contribution in [-0.4, -0.2) is 24.7 Å². The van der Waals surface area contributed by atoms with Crippen LogP contribution in [0.15, 0.2) is 29.2 Å². The molecule has 3 heterocycles. The van der Waals surface area contributed by atoms with Crippen LogP contribution in [-0.2, 0) is 6.54 Å². The Hall–Kier alpha value is -2.44. The fourth-order valence-electron chi connectivity index (χ4n) is 1.57. The van der Waals surface area contributed by atoms with E-state index in [0.717, 1.165) is 17.2 Å². The highest BCUT2D eigenvalue weighted by Crippen LogP contribution is 2.11. The molecule has 0 radical (unpaired) electrons. The van der Waals surface area contributed by atoms with Crippen molar-refractivity contribution in [3.8, 4) is 0 Å². The van der Waals surface area contributed by atoms with Crippen LogP contribution in [0.2, 0.25) is 0 Å². The number of hydrogen-bond donors (Lipinski definition) is 1. The predicted octanol–water partition coefficient (Wildman–Crippen LogP) is 1.03. The summed E-state index contributed by atoms with van der Waals surface area (Å²) < 4.78 is 6.41. The van der Waals surface area contributed by atoms with Crippen LogP contribution in [0.25, 0.3) is 5.78 Å². The maximum absolute atomic E-state index is 4.76. The summed E-state index contributed by atoms with van der Waals surface area (Å²) >= 11 is 0. The topological polar surface area (TPSA) is 81.1 Å². The summed E-state index contributed by atoms with van der Waals surface area (Å²) in [5, 5.41) is 11.1. The first-order valence-corrected chi connectivity index (χ1v) is 5.13. The number of aryl methyl sites for hydroxylation is 1. The zero-order valence-corrected chi connectivity index (χ0v) is 9.16. The molecule has 0 aliphatic carbocycles. The quantitative estimate of drug-likeness (QED) is 0.723. The molecule has 0 aliphatic rings. The monoisotopic (exact) mass is 230 g/mol. The molecule has 0 saturated carbocycles. The molecule has 0 aliphatic heterocycles. The lowest BCUT2D eigenvalue weighted by Crippen LogP contribution is -2.07. The highest BCUT2D eigenvalue weighted by atomic mass is 16.5. The van der Waals surface area contributed by atoms with E-state index in [9.17, 15) is 0 Å². The Morgan fingerprint density at radius 2 is 2.41 bits per heavy atom. The van der Waals surface area contributed by atoms with Gasteiger partial charge in [-0.25, -0.2) is 4.98 Å². The zero-order chi connectivity index (χ0) is 11.7. The standard InChI is InChI=1S/C10H10N6O/c1-7-4-9(11-5-8-2-3-17-15-8)16-10(14-7)12-6-13-16/h2-4,6,11H,5H2,1H3. The smallest absolute Gasteiger partial charge is 0.254 e. The first kappa shape index (κ1) is 9.76. The van der Waals surface area contributed by atoms with E-state index in [0.29, 0.717) is 12.3 Å². The summed E-state index contributed by atoms with van der Waals surface area (Å²) in [6, 6.07) is 3.71. The van der Waals surface area contributed by atoms with Crippen LogP contribution in [0.1, 0.15) is 11.4 Å². The minimum atomic E-state index is 0.564. The molecular formula is C10H10N6O. The number of anilines is 1. The number of rotatable bonds is 3. The third-order valence-electron chi connectivity index (χ3n) is 2.32. The SMILES string of the molecule is Cc1cc(NCc2ccon2)n2ncnc2n1. The molecule has 1 N–H and O–H groups in total. The highest BCUT2D eigenvalue weighted by molar-refractivity contribution is 5.44. The van der Waals surface area contributed by atoms with E-state index in [2.05, 4.69) is 25.5 Å². The van der Waals surface area contributed by atoms with E-state index in [4.69, 9.17) is 4.52 Å². The third kappa shape index (κ3) is 1.82. The molecule has 7 heteroatoms. The minimum Gasteiger partial charge on any atom is -0.364 e. The van der Waals surface area contributed by atoms with Crippen LogP contribution in [0, 0.1) is 6.92 Å². The Morgan fingerprint density at radius 1 is 1.47 bits per heavy atom. The van der Waals surface area contributed by atoms with E-state index in [1.54, 1.807) is 16.8 Å². The van der Waals surface area contributed by atoms with Crippen molar-refractivity contribution in [2.75, 3.05) is 5.32 Å². The van der Waals surface area contributed by atoms with E-state index in [-0.39, 0.29) is 0 Å². The third-order valence-corrected chi connectivity index (χ3v) is 2.32. The summed E-state index contributed by atoms with van der Waals surface area (Å²) in [7, 11) is 0. The van der Waals surface area contributed by atoms with Crippen molar-refractivity contribution in [1.82, 2.24) is 24.7 Å². The molecule has 7 nitrogen and oxygen atoms in total. The Balaban J connectivity index is 1.91. The van der Waals surface area contributed by atoms with Gasteiger partial charge in [-0.15, -0.1) is 0 Å². The first-order valence-electron chi connectivity index (χ1n) is 5.13. The van der Waals surface area contributed by atoms with E-state index < -0.39 is 0 Å². The van der Waals surface area contributed by atoms with Crippen molar-refractivity contribution in [1.29, 1.82) is 0 Å². The molecule has 0 atom stereocenters. The second kappa shape index (κ2) is 3.85. The number of hydrogen-bond acceptors (Lipinski definition) is 6. The maximum Gasteiger partial charge on any atom is 0.254 e. The Morgan fingerprint density at radius 3 is 3.24 bits per heavy atom. The van der Waals surface area contributed by atoms with E-state index in [1.807, 2.05) is 13.0 Å². The Labute approximate surface area is 96.5 Å². The highest BCUT2D eigenvalue weighted by Gasteiger charge is 2.05. The largest absolute Gasteiger partial charge is 0.364 e. The lowest BCUT2D eigenvalue weighted by molar-refractivity contribution is 0.412. The second-order valence-electron chi connectivity index (χ2n) is 3.60. The van der Waals surface area contributed by atoms with Gasteiger partial charge in [-0.1, -0.05) is 5.16 Å². The molecule has 86 valence electrons. The Bertz CT molecular complexity index is 629. The normalized spacial score (nSPS) is 10.9. The van der Waals surface area contributed by atoms with E-state index in [1.165, 1.54) is 6.33 Å². The molecule has 0 spiro atoms. The number of aromatic nitrogens is 5. The summed E-state index contributed by atoms with van der Waals surface area (Å²) in [6.45, 7) is 2.48. The van der Waals surface area contributed by atoms with Crippen LogP contribution in [0.3, 0.4) is 0 Å². The zero-order valence-electron chi connectivity index (χ0n) is 9.16. The van der Waals surface area contributed by atoms with Crippen LogP contribution < -0.4 is 5.32 Å². The molecule has 0 amide bonds. The van der Waals surface area contributed by atoms with Crippen LogP contribution >= 0.6 is 0 Å².